The van der Waals surface area contributed by atoms with Gasteiger partial charge in [-0.2, -0.15) is 5.26 Å². The maximum absolute atomic E-state index is 14.6. The summed E-state index contributed by atoms with van der Waals surface area (Å²) in [7, 11) is 0. The number of halogens is 1. The number of hydrogen-bond acceptors (Lipinski definition) is 4. The van der Waals surface area contributed by atoms with Crippen molar-refractivity contribution in [1.82, 2.24) is 15.0 Å². The Labute approximate surface area is 198 Å². The summed E-state index contributed by atoms with van der Waals surface area (Å²) in [6.45, 7) is 1.89. The molecule has 2 N–H and O–H groups in total. The van der Waals surface area contributed by atoms with Crippen molar-refractivity contribution in [2.45, 2.75) is 45.1 Å². The SMILES string of the molecule is Cc1cc(F)c2[nH]cc(-c3nc(NC4CC5CCC4CC5)cc(-c4ccc(C#N)cc4)n3)c2c1. The fourth-order valence-electron chi connectivity index (χ4n) is 5.76. The zero-order valence-electron chi connectivity index (χ0n) is 19.1. The molecular weight excluding hydrogens is 425 g/mol. The molecule has 5 nitrogen and oxygen atoms in total. The molecule has 34 heavy (non-hydrogen) atoms. The predicted octanol–water partition coefficient (Wildman–Crippen LogP) is 6.60. The van der Waals surface area contributed by atoms with Gasteiger partial charge in [0.15, 0.2) is 5.82 Å². The van der Waals surface area contributed by atoms with Crippen LogP contribution in [0.5, 0.6) is 0 Å². The highest BCUT2D eigenvalue weighted by molar-refractivity contribution is 5.95. The third-order valence-electron chi connectivity index (χ3n) is 7.54. The Morgan fingerprint density at radius 2 is 1.85 bits per heavy atom. The van der Waals surface area contributed by atoms with Gasteiger partial charge in [-0.3, -0.25) is 0 Å². The number of H-pyrrole nitrogens is 1. The van der Waals surface area contributed by atoms with Crippen LogP contribution in [0, 0.1) is 35.9 Å². The average Bonchev–Trinajstić information content (AvgIpc) is 3.29. The number of benzene rings is 2. The summed E-state index contributed by atoms with van der Waals surface area (Å²) >= 11 is 0. The van der Waals surface area contributed by atoms with E-state index in [1.807, 2.05) is 31.2 Å². The summed E-state index contributed by atoms with van der Waals surface area (Å²) in [6, 6.07) is 15.5. The first-order valence-corrected chi connectivity index (χ1v) is 12.0. The second kappa shape index (κ2) is 8.25. The van der Waals surface area contributed by atoms with Crippen molar-refractivity contribution in [3.8, 4) is 28.7 Å². The van der Waals surface area contributed by atoms with Gasteiger partial charge in [0.2, 0.25) is 0 Å². The molecule has 0 aliphatic heterocycles. The molecule has 4 aromatic rings. The van der Waals surface area contributed by atoms with Crippen molar-refractivity contribution in [3.05, 3.63) is 65.6 Å². The van der Waals surface area contributed by atoms with E-state index in [4.69, 9.17) is 9.97 Å². The van der Waals surface area contributed by atoms with Crippen molar-refractivity contribution < 1.29 is 4.39 Å². The fourth-order valence-corrected chi connectivity index (χ4v) is 5.76. The van der Waals surface area contributed by atoms with E-state index < -0.39 is 0 Å². The second-order valence-electron chi connectivity index (χ2n) is 9.79. The molecule has 3 aliphatic carbocycles. The molecule has 1 unspecified atom stereocenters. The van der Waals surface area contributed by atoms with Crippen LogP contribution >= 0.6 is 0 Å². The van der Waals surface area contributed by atoms with E-state index in [1.165, 1.54) is 38.2 Å². The minimum absolute atomic E-state index is 0.277. The molecule has 0 radical (unpaired) electrons. The highest BCUT2D eigenvalue weighted by Crippen LogP contribution is 2.42. The van der Waals surface area contributed by atoms with E-state index in [0.717, 1.165) is 39.5 Å². The minimum Gasteiger partial charge on any atom is -0.367 e. The fraction of sp³-hybridized carbons (Fsp3) is 0.321. The first kappa shape index (κ1) is 20.9. The second-order valence-corrected chi connectivity index (χ2v) is 9.79. The molecule has 2 bridgehead atoms. The first-order valence-electron chi connectivity index (χ1n) is 12.0. The zero-order chi connectivity index (χ0) is 23.2. The number of fused-ring (bicyclic) bond motifs is 4. The van der Waals surface area contributed by atoms with Crippen LogP contribution in [0.15, 0.2) is 48.7 Å². The summed E-state index contributed by atoms with van der Waals surface area (Å²) in [5, 5.41) is 13.7. The van der Waals surface area contributed by atoms with E-state index in [-0.39, 0.29) is 5.82 Å². The van der Waals surface area contributed by atoms with Crippen molar-refractivity contribution in [1.29, 1.82) is 5.26 Å². The van der Waals surface area contributed by atoms with Crippen LogP contribution in [0.25, 0.3) is 33.5 Å². The topological polar surface area (TPSA) is 77.4 Å². The number of aryl methyl sites for hydroxylation is 1. The normalized spacial score (nSPS) is 21.5. The maximum Gasteiger partial charge on any atom is 0.164 e. The number of nitriles is 1. The van der Waals surface area contributed by atoms with Crippen LogP contribution in [0.4, 0.5) is 10.2 Å². The molecule has 0 amide bonds. The largest absolute Gasteiger partial charge is 0.367 e. The highest BCUT2D eigenvalue weighted by atomic mass is 19.1. The summed E-state index contributed by atoms with van der Waals surface area (Å²) < 4.78 is 14.6. The van der Waals surface area contributed by atoms with E-state index in [9.17, 15) is 9.65 Å². The Kier molecular flexibility index (Phi) is 5.06. The van der Waals surface area contributed by atoms with Crippen molar-refractivity contribution in [2.75, 3.05) is 5.32 Å². The number of nitrogens with zero attached hydrogens (tertiary/aromatic N) is 3. The van der Waals surface area contributed by atoms with Crippen molar-refractivity contribution >= 4 is 16.7 Å². The van der Waals surface area contributed by atoms with E-state index in [2.05, 4.69) is 16.4 Å². The van der Waals surface area contributed by atoms with Crippen LogP contribution < -0.4 is 5.32 Å². The Balaban J connectivity index is 1.45. The number of hydrogen-bond donors (Lipinski definition) is 2. The van der Waals surface area contributed by atoms with Gasteiger partial charge in [-0.1, -0.05) is 25.0 Å². The van der Waals surface area contributed by atoms with Gasteiger partial charge >= 0.3 is 0 Å². The molecule has 7 rings (SSSR count). The Bertz CT molecular complexity index is 1410. The third-order valence-corrected chi connectivity index (χ3v) is 7.54. The first-order chi connectivity index (χ1) is 16.6. The average molecular weight is 452 g/mol. The molecule has 0 spiro atoms. The smallest absolute Gasteiger partial charge is 0.164 e. The quantitative estimate of drug-likeness (QED) is 0.366. The van der Waals surface area contributed by atoms with E-state index in [1.54, 1.807) is 18.3 Å². The molecule has 2 heterocycles. The molecule has 6 heteroatoms. The Morgan fingerprint density at radius 1 is 1.06 bits per heavy atom. The number of aromatic amines is 1. The Hall–Kier alpha value is -3.72. The molecule has 3 aliphatic rings. The molecule has 0 saturated heterocycles. The van der Waals surface area contributed by atoms with Gasteiger partial charge in [0.1, 0.15) is 11.6 Å². The van der Waals surface area contributed by atoms with Gasteiger partial charge in [0, 0.05) is 34.8 Å². The van der Waals surface area contributed by atoms with Crippen molar-refractivity contribution in [2.24, 2.45) is 11.8 Å². The Morgan fingerprint density at radius 3 is 2.56 bits per heavy atom. The molecule has 2 aromatic carbocycles. The number of aromatic nitrogens is 3. The van der Waals surface area contributed by atoms with Crippen LogP contribution in [0.3, 0.4) is 0 Å². The zero-order valence-corrected chi connectivity index (χ0v) is 19.1. The standard InChI is InChI=1S/C28H26FN5/c1-16-10-21-22(15-31-27(21)23(29)11-16)28-33-25(20-8-4-18(14-30)5-9-20)13-26(34-28)32-24-12-17-2-6-19(24)7-3-17/h4-5,8-11,13,15,17,19,24,31H,2-3,6-7,12H2,1H3,(H,32,33,34). The van der Waals surface area contributed by atoms with Crippen LogP contribution in [0.2, 0.25) is 0 Å². The van der Waals surface area contributed by atoms with Crippen molar-refractivity contribution in [3.63, 3.8) is 0 Å². The van der Waals surface area contributed by atoms with Gasteiger partial charge in [-0.25, -0.2) is 14.4 Å². The predicted molar refractivity (Wildman–Crippen MR) is 132 cm³/mol. The molecule has 2 aromatic heterocycles. The van der Waals surface area contributed by atoms with Crippen LogP contribution in [0.1, 0.15) is 43.2 Å². The maximum atomic E-state index is 14.6. The number of anilines is 1. The van der Waals surface area contributed by atoms with Crippen LogP contribution in [-0.4, -0.2) is 21.0 Å². The van der Waals surface area contributed by atoms with Gasteiger partial charge in [0.25, 0.3) is 0 Å². The lowest BCUT2D eigenvalue weighted by Gasteiger charge is -2.42. The lowest BCUT2D eigenvalue weighted by molar-refractivity contribution is 0.157. The molecular formula is C28H26FN5. The number of nitrogens with one attached hydrogen (secondary N) is 2. The summed E-state index contributed by atoms with van der Waals surface area (Å²) in [4.78, 5) is 12.8. The summed E-state index contributed by atoms with van der Waals surface area (Å²) in [6.07, 6.45) is 8.22. The molecule has 3 fully saturated rings. The monoisotopic (exact) mass is 451 g/mol. The third kappa shape index (κ3) is 3.71. The van der Waals surface area contributed by atoms with Gasteiger partial charge in [0.05, 0.1) is 22.8 Å². The minimum atomic E-state index is -0.277. The lowest BCUT2D eigenvalue weighted by atomic mass is 9.68. The van der Waals surface area contributed by atoms with Crippen LogP contribution in [-0.2, 0) is 0 Å². The summed E-state index contributed by atoms with van der Waals surface area (Å²) in [5.74, 6) is 2.57. The highest BCUT2D eigenvalue weighted by Gasteiger charge is 2.35. The number of rotatable bonds is 4. The van der Waals surface area contributed by atoms with E-state index in [0.29, 0.717) is 28.9 Å². The van der Waals surface area contributed by atoms with Gasteiger partial charge < -0.3 is 10.3 Å². The molecule has 3 saturated carbocycles. The molecule has 1 atom stereocenters. The van der Waals surface area contributed by atoms with Gasteiger partial charge in [-0.05, 0) is 67.9 Å². The summed E-state index contributed by atoms with van der Waals surface area (Å²) in [5.41, 5.74) is 4.40. The lowest BCUT2D eigenvalue weighted by Crippen LogP contribution is -2.40. The van der Waals surface area contributed by atoms with Gasteiger partial charge in [-0.15, -0.1) is 0 Å². The van der Waals surface area contributed by atoms with E-state index >= 15 is 0 Å². The molecule has 170 valence electrons.